The quantitative estimate of drug-likeness (QED) is 0.763. The largest absolute Gasteiger partial charge is 0.377 e. The minimum absolute atomic E-state index is 0.292. The molecule has 0 spiro atoms. The normalized spacial score (nSPS) is 21.2. The third kappa shape index (κ3) is 3.65. The van der Waals surface area contributed by atoms with Crippen LogP contribution in [0.2, 0.25) is 0 Å². The SMILES string of the molecule is COC1(CNS(=O)(=O)c2csc(CNC3CC3)c2)CCC1. The molecule has 0 atom stereocenters. The van der Waals surface area contributed by atoms with E-state index >= 15 is 0 Å². The number of hydrogen-bond donors (Lipinski definition) is 2. The lowest BCUT2D eigenvalue weighted by Gasteiger charge is -2.40. The van der Waals surface area contributed by atoms with Gasteiger partial charge in [0, 0.05) is 36.5 Å². The van der Waals surface area contributed by atoms with E-state index in [2.05, 4.69) is 10.0 Å². The van der Waals surface area contributed by atoms with Gasteiger partial charge in [-0.15, -0.1) is 11.3 Å². The second kappa shape index (κ2) is 5.96. The first kappa shape index (κ1) is 15.4. The van der Waals surface area contributed by atoms with Crippen LogP contribution in [-0.2, 0) is 21.3 Å². The Labute approximate surface area is 130 Å². The van der Waals surface area contributed by atoms with E-state index in [1.54, 1.807) is 18.6 Å². The number of sulfonamides is 1. The number of methoxy groups -OCH3 is 1. The topological polar surface area (TPSA) is 67.4 Å². The fraction of sp³-hybridized carbons (Fsp3) is 0.714. The maximum atomic E-state index is 12.3. The van der Waals surface area contributed by atoms with Crippen molar-refractivity contribution in [3.63, 3.8) is 0 Å². The van der Waals surface area contributed by atoms with Gasteiger partial charge in [-0.2, -0.15) is 0 Å². The monoisotopic (exact) mass is 330 g/mol. The van der Waals surface area contributed by atoms with Gasteiger partial charge in [0.2, 0.25) is 10.0 Å². The van der Waals surface area contributed by atoms with Crippen molar-refractivity contribution in [3.8, 4) is 0 Å². The van der Waals surface area contributed by atoms with Crippen LogP contribution in [0.4, 0.5) is 0 Å². The van der Waals surface area contributed by atoms with Crippen molar-refractivity contribution in [1.82, 2.24) is 10.0 Å². The van der Waals surface area contributed by atoms with Crippen LogP contribution in [-0.4, -0.2) is 33.7 Å². The molecule has 0 amide bonds. The average Bonchev–Trinajstić information content (AvgIpc) is 3.12. The molecule has 21 heavy (non-hydrogen) atoms. The summed E-state index contributed by atoms with van der Waals surface area (Å²) in [5, 5.41) is 5.11. The molecule has 0 aliphatic heterocycles. The van der Waals surface area contributed by atoms with Gasteiger partial charge in [0.1, 0.15) is 0 Å². The molecule has 0 bridgehead atoms. The summed E-state index contributed by atoms with van der Waals surface area (Å²) >= 11 is 1.49. The molecule has 1 aromatic rings. The van der Waals surface area contributed by atoms with Gasteiger partial charge in [-0.1, -0.05) is 0 Å². The molecule has 118 valence electrons. The molecule has 0 unspecified atom stereocenters. The lowest BCUT2D eigenvalue weighted by Crippen LogP contribution is -2.49. The van der Waals surface area contributed by atoms with Crippen molar-refractivity contribution < 1.29 is 13.2 Å². The Morgan fingerprint density at radius 3 is 2.76 bits per heavy atom. The van der Waals surface area contributed by atoms with Crippen molar-refractivity contribution >= 4 is 21.4 Å². The van der Waals surface area contributed by atoms with Gasteiger partial charge in [0.15, 0.2) is 0 Å². The summed E-state index contributed by atoms with van der Waals surface area (Å²) in [4.78, 5) is 1.43. The first-order chi connectivity index (χ1) is 10.0. The molecule has 7 heteroatoms. The van der Waals surface area contributed by atoms with E-state index in [1.807, 2.05) is 0 Å². The molecule has 2 fully saturated rings. The van der Waals surface area contributed by atoms with Gasteiger partial charge >= 0.3 is 0 Å². The van der Waals surface area contributed by atoms with Crippen LogP contribution in [0.3, 0.4) is 0 Å². The Kier molecular flexibility index (Phi) is 4.38. The Morgan fingerprint density at radius 2 is 2.19 bits per heavy atom. The molecule has 2 N–H and O–H groups in total. The lowest BCUT2D eigenvalue weighted by atomic mass is 9.80. The zero-order valence-electron chi connectivity index (χ0n) is 12.2. The zero-order valence-corrected chi connectivity index (χ0v) is 13.9. The highest BCUT2D eigenvalue weighted by molar-refractivity contribution is 7.89. The molecule has 5 nitrogen and oxygen atoms in total. The molecule has 3 rings (SSSR count). The van der Waals surface area contributed by atoms with Gasteiger partial charge in [0.25, 0.3) is 0 Å². The van der Waals surface area contributed by atoms with Crippen molar-refractivity contribution in [2.45, 2.75) is 55.2 Å². The predicted octanol–water partition coefficient (Wildman–Crippen LogP) is 1.85. The molecule has 0 radical (unpaired) electrons. The van der Waals surface area contributed by atoms with E-state index < -0.39 is 10.0 Å². The van der Waals surface area contributed by atoms with Crippen LogP contribution in [0.25, 0.3) is 0 Å². The minimum atomic E-state index is -3.43. The average molecular weight is 330 g/mol. The molecule has 0 aromatic carbocycles. The standard InChI is InChI=1S/C14H22N2O3S2/c1-19-14(5-2-6-14)10-16-21(17,18)13-7-12(20-9-13)8-15-11-3-4-11/h7,9,11,15-16H,2-6,8,10H2,1H3. The van der Waals surface area contributed by atoms with E-state index in [0.29, 0.717) is 17.5 Å². The van der Waals surface area contributed by atoms with Crippen LogP contribution >= 0.6 is 11.3 Å². The highest BCUT2D eigenvalue weighted by atomic mass is 32.2. The van der Waals surface area contributed by atoms with E-state index in [1.165, 1.54) is 24.2 Å². The van der Waals surface area contributed by atoms with Crippen molar-refractivity contribution in [2.75, 3.05) is 13.7 Å². The highest BCUT2D eigenvalue weighted by Gasteiger charge is 2.38. The summed E-state index contributed by atoms with van der Waals surface area (Å²) in [6.45, 7) is 1.12. The number of hydrogen-bond acceptors (Lipinski definition) is 5. The van der Waals surface area contributed by atoms with Crippen molar-refractivity contribution in [1.29, 1.82) is 0 Å². The smallest absolute Gasteiger partial charge is 0.241 e. The Balaban J connectivity index is 1.58. The van der Waals surface area contributed by atoms with Crippen molar-refractivity contribution in [2.24, 2.45) is 0 Å². The van der Waals surface area contributed by atoms with Crippen LogP contribution < -0.4 is 10.0 Å². The summed E-state index contributed by atoms with van der Waals surface area (Å²) < 4.78 is 32.8. The van der Waals surface area contributed by atoms with Gasteiger partial charge in [0.05, 0.1) is 10.5 Å². The third-order valence-corrected chi connectivity index (χ3v) is 6.83. The molecule has 2 aliphatic rings. The molecular formula is C14H22N2O3S2. The summed E-state index contributed by atoms with van der Waals surface area (Å²) in [6.07, 6.45) is 5.41. The molecular weight excluding hydrogens is 308 g/mol. The summed E-state index contributed by atoms with van der Waals surface area (Å²) in [5.41, 5.74) is -0.292. The number of ether oxygens (including phenoxy) is 1. The van der Waals surface area contributed by atoms with E-state index in [-0.39, 0.29) is 5.60 Å². The molecule has 0 saturated heterocycles. The van der Waals surface area contributed by atoms with Crippen LogP contribution in [0.1, 0.15) is 37.0 Å². The maximum Gasteiger partial charge on any atom is 0.241 e. The van der Waals surface area contributed by atoms with E-state index in [9.17, 15) is 8.42 Å². The number of nitrogens with one attached hydrogen (secondary N) is 2. The maximum absolute atomic E-state index is 12.3. The summed E-state index contributed by atoms with van der Waals surface area (Å²) in [5.74, 6) is 0. The Bertz CT molecular complexity index is 584. The third-order valence-electron chi connectivity index (χ3n) is 4.36. The molecule has 2 saturated carbocycles. The second-order valence-corrected chi connectivity index (χ2v) is 8.73. The fourth-order valence-electron chi connectivity index (χ4n) is 2.46. The fourth-order valence-corrected chi connectivity index (χ4v) is 4.80. The Morgan fingerprint density at radius 1 is 1.43 bits per heavy atom. The lowest BCUT2D eigenvalue weighted by molar-refractivity contribution is -0.0659. The highest BCUT2D eigenvalue weighted by Crippen LogP contribution is 2.34. The van der Waals surface area contributed by atoms with Crippen LogP contribution in [0.5, 0.6) is 0 Å². The molecule has 2 aliphatic carbocycles. The second-order valence-electron chi connectivity index (χ2n) is 5.97. The number of thiophene rings is 1. The van der Waals surface area contributed by atoms with Gasteiger partial charge in [-0.25, -0.2) is 13.1 Å². The first-order valence-corrected chi connectivity index (χ1v) is 9.75. The zero-order chi connectivity index (χ0) is 14.9. The van der Waals surface area contributed by atoms with E-state index in [4.69, 9.17) is 4.74 Å². The van der Waals surface area contributed by atoms with E-state index in [0.717, 1.165) is 30.7 Å². The summed E-state index contributed by atoms with van der Waals surface area (Å²) in [6, 6.07) is 2.40. The Hall–Kier alpha value is -0.470. The predicted molar refractivity (Wildman–Crippen MR) is 83.0 cm³/mol. The van der Waals surface area contributed by atoms with Gasteiger partial charge < -0.3 is 10.1 Å². The first-order valence-electron chi connectivity index (χ1n) is 7.39. The van der Waals surface area contributed by atoms with Gasteiger partial charge in [-0.3, -0.25) is 0 Å². The summed E-state index contributed by atoms with van der Waals surface area (Å²) in [7, 11) is -1.78. The molecule has 1 aromatic heterocycles. The van der Waals surface area contributed by atoms with Crippen LogP contribution in [0, 0.1) is 0 Å². The van der Waals surface area contributed by atoms with Crippen LogP contribution in [0.15, 0.2) is 16.3 Å². The van der Waals surface area contributed by atoms with Crippen molar-refractivity contribution in [3.05, 3.63) is 16.3 Å². The number of rotatable bonds is 8. The minimum Gasteiger partial charge on any atom is -0.377 e. The van der Waals surface area contributed by atoms with Gasteiger partial charge in [-0.05, 0) is 38.2 Å². The molecule has 1 heterocycles.